The van der Waals surface area contributed by atoms with Crippen LogP contribution in [0.15, 0.2) is 24.3 Å². The molecule has 1 aliphatic rings. The maximum absolute atomic E-state index is 13.1. The second-order valence-electron chi connectivity index (χ2n) is 19.7. The third kappa shape index (κ3) is 33.2. The summed E-state index contributed by atoms with van der Waals surface area (Å²) in [5, 5.41) is 75.7. The van der Waals surface area contributed by atoms with E-state index in [9.17, 15) is 40.5 Å². The predicted octanol–water partition coefficient (Wildman–Crippen LogP) is 11.0. The van der Waals surface area contributed by atoms with Crippen molar-refractivity contribution in [3.8, 4) is 0 Å². The first-order valence-electron chi connectivity index (χ1n) is 27.7. The number of aliphatic hydroxyl groups is 7. The van der Waals surface area contributed by atoms with Crippen LogP contribution in [-0.2, 0) is 14.3 Å². The molecule has 1 heterocycles. The Morgan fingerprint density at radius 1 is 0.530 bits per heavy atom. The van der Waals surface area contributed by atoms with Gasteiger partial charge in [0.2, 0.25) is 5.91 Å². The first kappa shape index (κ1) is 62.6. The number of carbonyl (C=O) groups is 1. The fraction of sp³-hybridized carbons (Fsp3) is 0.909. The van der Waals surface area contributed by atoms with Crippen molar-refractivity contribution in [3.05, 3.63) is 24.3 Å². The van der Waals surface area contributed by atoms with Crippen molar-refractivity contribution in [2.75, 3.05) is 13.2 Å². The Balaban J connectivity index is 2.19. The van der Waals surface area contributed by atoms with Gasteiger partial charge in [-0.05, 0) is 44.9 Å². The van der Waals surface area contributed by atoms with Gasteiger partial charge in [0.1, 0.15) is 36.6 Å². The van der Waals surface area contributed by atoms with Crippen LogP contribution in [0.4, 0.5) is 0 Å². The number of hydrogen-bond acceptors (Lipinski definition) is 10. The van der Waals surface area contributed by atoms with Crippen LogP contribution in [0, 0.1) is 0 Å². The fourth-order valence-electron chi connectivity index (χ4n) is 8.94. The van der Waals surface area contributed by atoms with E-state index >= 15 is 0 Å². The van der Waals surface area contributed by atoms with Crippen LogP contribution >= 0.6 is 0 Å². The van der Waals surface area contributed by atoms with Crippen molar-refractivity contribution in [2.45, 2.75) is 306 Å². The molecule has 0 bridgehead atoms. The molecule has 0 aliphatic carbocycles. The Morgan fingerprint density at radius 3 is 1.35 bits per heavy atom. The summed E-state index contributed by atoms with van der Waals surface area (Å²) >= 11 is 0. The topological polar surface area (TPSA) is 189 Å². The van der Waals surface area contributed by atoms with Crippen LogP contribution in [0.3, 0.4) is 0 Å². The second-order valence-corrected chi connectivity index (χ2v) is 19.7. The highest BCUT2D eigenvalue weighted by molar-refractivity contribution is 5.80. The van der Waals surface area contributed by atoms with Crippen LogP contribution in [0.2, 0.25) is 0 Å². The molecule has 0 radical (unpaired) electrons. The molecule has 1 aliphatic heterocycles. The van der Waals surface area contributed by atoms with Gasteiger partial charge in [-0.2, -0.15) is 0 Å². The van der Waals surface area contributed by atoms with Crippen molar-refractivity contribution >= 4 is 5.91 Å². The fourth-order valence-corrected chi connectivity index (χ4v) is 8.94. The lowest BCUT2D eigenvalue weighted by atomic mass is 9.98. The summed E-state index contributed by atoms with van der Waals surface area (Å²) in [6.45, 7) is 3.42. The molecule has 0 saturated carbocycles. The van der Waals surface area contributed by atoms with Crippen LogP contribution < -0.4 is 5.32 Å². The second kappa shape index (κ2) is 44.8. The lowest BCUT2D eigenvalue weighted by Gasteiger charge is -2.40. The number of carbonyl (C=O) groups excluding carboxylic acids is 1. The normalized spacial score (nSPS) is 20.9. The lowest BCUT2D eigenvalue weighted by Crippen LogP contribution is -2.60. The van der Waals surface area contributed by atoms with Gasteiger partial charge in [0.05, 0.1) is 25.4 Å². The molecule has 11 nitrogen and oxygen atoms in total. The van der Waals surface area contributed by atoms with Crippen LogP contribution in [0.25, 0.3) is 0 Å². The average Bonchev–Trinajstić information content (AvgIpc) is 3.32. The number of ether oxygens (including phenoxy) is 2. The summed E-state index contributed by atoms with van der Waals surface area (Å²) in [4.78, 5) is 13.1. The van der Waals surface area contributed by atoms with Gasteiger partial charge in [-0.1, -0.05) is 231 Å². The molecule has 1 fully saturated rings. The number of unbranched alkanes of at least 4 members (excludes halogenated alkanes) is 31. The molecule has 9 atom stereocenters. The molecule has 0 aromatic heterocycles. The molecule has 390 valence electrons. The maximum atomic E-state index is 13.1. The van der Waals surface area contributed by atoms with E-state index in [1.165, 1.54) is 167 Å². The zero-order chi connectivity index (χ0) is 48.3. The number of rotatable bonds is 47. The maximum Gasteiger partial charge on any atom is 0.249 e. The molecular formula is C55H105NO10. The summed E-state index contributed by atoms with van der Waals surface area (Å²) in [6, 6.07) is -1.16. The third-order valence-corrected chi connectivity index (χ3v) is 13.5. The largest absolute Gasteiger partial charge is 0.394 e. The van der Waals surface area contributed by atoms with Crippen LogP contribution in [-0.4, -0.2) is 110 Å². The van der Waals surface area contributed by atoms with Gasteiger partial charge in [0.25, 0.3) is 0 Å². The quantitative estimate of drug-likeness (QED) is 0.0215. The molecule has 0 aromatic carbocycles. The van der Waals surface area contributed by atoms with E-state index in [-0.39, 0.29) is 6.42 Å². The summed E-state index contributed by atoms with van der Waals surface area (Å²) in [5.41, 5.74) is 0. The molecule has 9 unspecified atom stereocenters. The highest BCUT2D eigenvalue weighted by atomic mass is 16.7. The van der Waals surface area contributed by atoms with Crippen molar-refractivity contribution in [2.24, 2.45) is 0 Å². The van der Waals surface area contributed by atoms with Crippen molar-refractivity contribution in [3.63, 3.8) is 0 Å². The smallest absolute Gasteiger partial charge is 0.249 e. The molecule has 8 N–H and O–H groups in total. The van der Waals surface area contributed by atoms with Gasteiger partial charge in [-0.25, -0.2) is 0 Å². The van der Waals surface area contributed by atoms with E-state index in [1.54, 1.807) is 0 Å². The number of nitrogens with one attached hydrogen (secondary N) is 1. The van der Waals surface area contributed by atoms with Gasteiger partial charge in [0.15, 0.2) is 6.29 Å². The van der Waals surface area contributed by atoms with Crippen molar-refractivity contribution < 1.29 is 50.0 Å². The number of aliphatic hydroxyl groups excluding tert-OH is 7. The minimum Gasteiger partial charge on any atom is -0.394 e. The van der Waals surface area contributed by atoms with E-state index in [1.807, 2.05) is 0 Å². The molecule has 1 rings (SSSR count). The monoisotopic (exact) mass is 940 g/mol. The standard InChI is InChI=1S/C55H105NO10/c1-3-5-7-9-11-13-14-15-16-17-18-19-20-21-22-23-24-25-26-27-28-29-30-31-32-33-35-37-39-41-43-48(59)54(64)56-46(45-65-55-53(63)52(62)51(61)49(44-57)66-55)50(60)47(58)42-40-38-36-34-12-10-8-6-4-2/h18-19,21-22,46-53,55,57-63H,3-17,20,23-45H2,1-2H3,(H,56,64)/b19-18-,22-21-. The highest BCUT2D eigenvalue weighted by Gasteiger charge is 2.44. The number of allylic oxidation sites excluding steroid dienone is 4. The lowest BCUT2D eigenvalue weighted by molar-refractivity contribution is -0.303. The highest BCUT2D eigenvalue weighted by Crippen LogP contribution is 2.23. The zero-order valence-corrected chi connectivity index (χ0v) is 42.4. The van der Waals surface area contributed by atoms with E-state index in [2.05, 4.69) is 43.5 Å². The minimum absolute atomic E-state index is 0.261. The van der Waals surface area contributed by atoms with E-state index in [0.29, 0.717) is 19.3 Å². The summed E-state index contributed by atoms with van der Waals surface area (Å²) in [7, 11) is 0. The van der Waals surface area contributed by atoms with Gasteiger partial charge >= 0.3 is 0 Å². The molecule has 11 heteroatoms. The minimum atomic E-state index is -1.66. The summed E-state index contributed by atoms with van der Waals surface area (Å²) in [5.74, 6) is -0.697. The van der Waals surface area contributed by atoms with Crippen molar-refractivity contribution in [1.82, 2.24) is 5.32 Å². The van der Waals surface area contributed by atoms with Gasteiger partial charge in [-0.15, -0.1) is 0 Å². The molecule has 1 amide bonds. The Kier molecular flexibility index (Phi) is 42.5. The molecule has 0 aromatic rings. The first-order valence-corrected chi connectivity index (χ1v) is 27.7. The molecule has 66 heavy (non-hydrogen) atoms. The van der Waals surface area contributed by atoms with E-state index in [0.717, 1.165) is 44.9 Å². The number of amides is 1. The Bertz CT molecular complexity index is 1120. The number of hydrogen-bond donors (Lipinski definition) is 8. The van der Waals surface area contributed by atoms with E-state index < -0.39 is 74.2 Å². The third-order valence-electron chi connectivity index (χ3n) is 13.5. The Labute approximate surface area is 404 Å². The average molecular weight is 940 g/mol. The van der Waals surface area contributed by atoms with Crippen molar-refractivity contribution in [1.29, 1.82) is 0 Å². The Morgan fingerprint density at radius 2 is 0.924 bits per heavy atom. The molecule has 0 spiro atoms. The molecule has 1 saturated heterocycles. The SMILES string of the molecule is CCCCCCCCCCC/C=C\C/C=C\CCCCCCCCCCCCCCCCC(O)C(=O)NC(COC1OC(CO)C(O)C(O)C1O)C(O)C(O)CCCCCCCCCCC. The van der Waals surface area contributed by atoms with Gasteiger partial charge in [0, 0.05) is 0 Å². The Hall–Kier alpha value is -1.41. The zero-order valence-electron chi connectivity index (χ0n) is 42.4. The van der Waals surface area contributed by atoms with Crippen LogP contribution in [0.1, 0.15) is 251 Å². The van der Waals surface area contributed by atoms with E-state index in [4.69, 9.17) is 9.47 Å². The summed E-state index contributed by atoms with van der Waals surface area (Å²) < 4.78 is 11.1. The van der Waals surface area contributed by atoms with Gasteiger partial charge in [-0.3, -0.25) is 4.79 Å². The van der Waals surface area contributed by atoms with Gasteiger partial charge < -0.3 is 50.5 Å². The first-order chi connectivity index (χ1) is 32.2. The predicted molar refractivity (Wildman–Crippen MR) is 270 cm³/mol. The van der Waals surface area contributed by atoms with Crippen LogP contribution in [0.5, 0.6) is 0 Å². The molecular weight excluding hydrogens is 835 g/mol. The summed E-state index contributed by atoms with van der Waals surface area (Å²) in [6.07, 6.45) is 41.2.